The third-order valence-electron chi connectivity index (χ3n) is 3.38. The van der Waals surface area contributed by atoms with Gasteiger partial charge in [0.25, 0.3) is 0 Å². The molecule has 4 heteroatoms. The molecule has 1 atom stereocenters. The minimum absolute atomic E-state index is 0.306. The van der Waals surface area contributed by atoms with Crippen LogP contribution in [0.3, 0.4) is 0 Å². The molecule has 2 aromatic carbocycles. The highest BCUT2D eigenvalue weighted by Gasteiger charge is 2.10. The van der Waals surface area contributed by atoms with E-state index in [0.717, 1.165) is 17.2 Å². The lowest BCUT2D eigenvalue weighted by Crippen LogP contribution is -2.00. The summed E-state index contributed by atoms with van der Waals surface area (Å²) in [6.45, 7) is 0.306. The summed E-state index contributed by atoms with van der Waals surface area (Å²) in [5.74, 6) is 10.3. The number of benzene rings is 2. The molecule has 0 amide bonds. The summed E-state index contributed by atoms with van der Waals surface area (Å²) in [7, 11) is 3.00. The van der Waals surface area contributed by atoms with Gasteiger partial charge >= 0.3 is 0 Å². The summed E-state index contributed by atoms with van der Waals surface area (Å²) < 4.78 is 36.9. The largest absolute Gasteiger partial charge is 0.372 e. The molecule has 0 heterocycles. The zero-order valence-corrected chi connectivity index (χ0v) is 14.6. The van der Waals surface area contributed by atoms with Crippen molar-refractivity contribution in [1.82, 2.24) is 0 Å². The maximum atomic E-state index is 13.4. The Kier molecular flexibility index (Phi) is 7.58. The van der Waals surface area contributed by atoms with Gasteiger partial charge in [-0.3, -0.25) is 0 Å². The Morgan fingerprint density at radius 2 is 1.77 bits per heavy atom. The van der Waals surface area contributed by atoms with E-state index in [2.05, 4.69) is 23.7 Å². The molecular formula is C22H18F2O2. The van der Waals surface area contributed by atoms with Crippen molar-refractivity contribution in [1.29, 1.82) is 0 Å². The van der Waals surface area contributed by atoms with Gasteiger partial charge < -0.3 is 9.47 Å². The smallest absolute Gasteiger partial charge is 0.143 e. The molecule has 2 rings (SSSR count). The fourth-order valence-electron chi connectivity index (χ4n) is 2.21. The van der Waals surface area contributed by atoms with Crippen LogP contribution in [0, 0.1) is 35.3 Å². The molecule has 0 aliphatic heterocycles. The van der Waals surface area contributed by atoms with Gasteiger partial charge in [0.2, 0.25) is 0 Å². The minimum atomic E-state index is -0.750. The van der Waals surface area contributed by atoms with Crippen LogP contribution in [0.25, 0.3) is 5.57 Å². The predicted octanol–water partition coefficient (Wildman–Crippen LogP) is 4.39. The molecule has 0 aliphatic rings. The van der Waals surface area contributed by atoms with Crippen molar-refractivity contribution >= 4 is 5.57 Å². The third-order valence-corrected chi connectivity index (χ3v) is 3.38. The van der Waals surface area contributed by atoms with Crippen molar-refractivity contribution in [2.24, 2.45) is 0 Å². The van der Waals surface area contributed by atoms with Gasteiger partial charge in [-0.25, -0.2) is 8.78 Å². The van der Waals surface area contributed by atoms with Gasteiger partial charge in [-0.1, -0.05) is 54.0 Å². The van der Waals surface area contributed by atoms with Crippen molar-refractivity contribution in [2.45, 2.75) is 6.10 Å². The number of methoxy groups -OCH3 is 2. The molecule has 0 fully saturated rings. The fraction of sp³-hybridized carbons (Fsp3) is 0.182. The second kappa shape index (κ2) is 10.2. The van der Waals surface area contributed by atoms with E-state index < -0.39 is 17.7 Å². The predicted molar refractivity (Wildman–Crippen MR) is 98.0 cm³/mol. The van der Waals surface area contributed by atoms with Gasteiger partial charge in [0.1, 0.15) is 24.3 Å². The van der Waals surface area contributed by atoms with Crippen LogP contribution in [-0.4, -0.2) is 20.8 Å². The SMILES string of the molecule is COCC#C/C(=C/C#CC(OC)c1cc(F)cc(F)c1)c1ccccc1. The molecule has 0 aliphatic carbocycles. The highest BCUT2D eigenvalue weighted by atomic mass is 19.1. The number of halogens is 2. The second-order valence-corrected chi connectivity index (χ2v) is 5.27. The Bertz CT molecular complexity index is 861. The second-order valence-electron chi connectivity index (χ2n) is 5.27. The van der Waals surface area contributed by atoms with E-state index in [1.54, 1.807) is 13.2 Å². The van der Waals surface area contributed by atoms with Gasteiger partial charge in [0.05, 0.1) is 0 Å². The Morgan fingerprint density at radius 3 is 2.38 bits per heavy atom. The molecule has 0 saturated carbocycles. The molecule has 2 aromatic rings. The first-order chi connectivity index (χ1) is 12.6. The van der Waals surface area contributed by atoms with Gasteiger partial charge in [0, 0.05) is 31.9 Å². The maximum absolute atomic E-state index is 13.4. The number of rotatable bonds is 4. The molecular weight excluding hydrogens is 334 g/mol. The van der Waals surface area contributed by atoms with Gasteiger partial charge in [-0.05, 0) is 23.3 Å². The van der Waals surface area contributed by atoms with Crippen LogP contribution < -0.4 is 0 Å². The Hall–Kier alpha value is -2.92. The van der Waals surface area contributed by atoms with E-state index in [1.807, 2.05) is 30.3 Å². The van der Waals surface area contributed by atoms with Gasteiger partial charge in [-0.15, -0.1) is 0 Å². The minimum Gasteiger partial charge on any atom is -0.372 e. The summed E-state index contributed by atoms with van der Waals surface area (Å²) in [5, 5.41) is 0. The Morgan fingerprint density at radius 1 is 1.08 bits per heavy atom. The summed E-state index contributed by atoms with van der Waals surface area (Å²) in [4.78, 5) is 0. The summed E-state index contributed by atoms with van der Waals surface area (Å²) in [6.07, 6.45) is 0.903. The van der Waals surface area contributed by atoms with Crippen molar-refractivity contribution in [3.05, 3.63) is 77.4 Å². The average molecular weight is 352 g/mol. The maximum Gasteiger partial charge on any atom is 0.143 e. The average Bonchev–Trinajstić information content (AvgIpc) is 2.64. The van der Waals surface area contributed by atoms with Crippen LogP contribution in [0.5, 0.6) is 0 Å². The van der Waals surface area contributed by atoms with E-state index in [4.69, 9.17) is 9.47 Å². The zero-order valence-electron chi connectivity index (χ0n) is 14.6. The van der Waals surface area contributed by atoms with Gasteiger partial charge in [-0.2, -0.15) is 0 Å². The van der Waals surface area contributed by atoms with Crippen molar-refractivity contribution < 1.29 is 18.3 Å². The van der Waals surface area contributed by atoms with Crippen molar-refractivity contribution in [3.8, 4) is 23.7 Å². The zero-order chi connectivity index (χ0) is 18.8. The van der Waals surface area contributed by atoms with E-state index in [0.29, 0.717) is 12.2 Å². The number of hydrogen-bond acceptors (Lipinski definition) is 2. The first-order valence-corrected chi connectivity index (χ1v) is 7.87. The third kappa shape index (κ3) is 5.86. The lowest BCUT2D eigenvalue weighted by atomic mass is 10.1. The van der Waals surface area contributed by atoms with Crippen molar-refractivity contribution in [3.63, 3.8) is 0 Å². The molecule has 2 nitrogen and oxygen atoms in total. The number of hydrogen-bond donors (Lipinski definition) is 0. The molecule has 0 aromatic heterocycles. The lowest BCUT2D eigenvalue weighted by molar-refractivity contribution is 0.150. The molecule has 26 heavy (non-hydrogen) atoms. The fourth-order valence-corrected chi connectivity index (χ4v) is 2.21. The molecule has 0 spiro atoms. The van der Waals surface area contributed by atoms with Crippen LogP contribution in [0.4, 0.5) is 8.78 Å². The molecule has 1 unspecified atom stereocenters. The Balaban J connectivity index is 2.32. The van der Waals surface area contributed by atoms with Crippen molar-refractivity contribution in [2.75, 3.05) is 20.8 Å². The molecule has 0 radical (unpaired) electrons. The van der Waals surface area contributed by atoms with E-state index in [9.17, 15) is 8.78 Å². The van der Waals surface area contributed by atoms with Crippen LogP contribution in [0.2, 0.25) is 0 Å². The highest BCUT2D eigenvalue weighted by Crippen LogP contribution is 2.19. The summed E-state index contributed by atoms with van der Waals surface area (Å²) >= 11 is 0. The Labute approximate surface area is 152 Å². The van der Waals surface area contributed by atoms with E-state index >= 15 is 0 Å². The van der Waals surface area contributed by atoms with Crippen LogP contribution >= 0.6 is 0 Å². The van der Waals surface area contributed by atoms with Crippen LogP contribution in [0.15, 0.2) is 54.6 Å². The normalized spacial score (nSPS) is 11.8. The first kappa shape index (κ1) is 19.4. The molecule has 132 valence electrons. The lowest BCUT2D eigenvalue weighted by Gasteiger charge is -2.09. The molecule has 0 N–H and O–H groups in total. The van der Waals surface area contributed by atoms with Crippen LogP contribution in [-0.2, 0) is 9.47 Å². The van der Waals surface area contributed by atoms with E-state index in [-0.39, 0.29) is 0 Å². The monoisotopic (exact) mass is 352 g/mol. The number of allylic oxidation sites excluding steroid dienone is 2. The molecule has 0 bridgehead atoms. The number of ether oxygens (including phenoxy) is 2. The molecule has 0 saturated heterocycles. The summed E-state index contributed by atoms with van der Waals surface area (Å²) in [5.41, 5.74) is 1.95. The topological polar surface area (TPSA) is 18.5 Å². The van der Waals surface area contributed by atoms with Gasteiger partial charge in [0.15, 0.2) is 0 Å². The first-order valence-electron chi connectivity index (χ1n) is 7.87. The van der Waals surface area contributed by atoms with Crippen LogP contribution in [0.1, 0.15) is 17.2 Å². The summed E-state index contributed by atoms with van der Waals surface area (Å²) in [6, 6.07) is 12.8. The van der Waals surface area contributed by atoms with E-state index in [1.165, 1.54) is 19.2 Å². The highest BCUT2D eigenvalue weighted by molar-refractivity contribution is 5.80. The standard InChI is InChI=1S/C22H18F2O2/c1-25-13-7-11-18(17-8-4-3-5-9-17)10-6-12-22(26-2)19-14-20(23)16-21(24)15-19/h3-5,8-10,14-16,22H,13H2,1-2H3/b18-10-. The quantitative estimate of drug-likeness (QED) is 0.760.